The first kappa shape index (κ1) is 10.2. The number of nitrogens with zero attached hydrogens (tertiary/aromatic N) is 1. The number of ether oxygens (including phenoxy) is 1. The number of nitrogen functional groups attached to an aromatic ring is 1. The van der Waals surface area contributed by atoms with Crippen LogP contribution in [0.3, 0.4) is 0 Å². The summed E-state index contributed by atoms with van der Waals surface area (Å²) in [6, 6.07) is 3.70. The zero-order valence-corrected chi connectivity index (χ0v) is 9.32. The van der Waals surface area contributed by atoms with E-state index in [2.05, 4.69) is 14.9 Å². The van der Waals surface area contributed by atoms with Gasteiger partial charge in [-0.2, -0.15) is 0 Å². The number of hydrogen-bond acceptors (Lipinski definition) is 4. The molecule has 0 atom stereocenters. The summed E-state index contributed by atoms with van der Waals surface area (Å²) in [6.45, 7) is 3.07. The fraction of sp³-hybridized carbons (Fsp3) is 0.364. The molecule has 1 aromatic carbocycles. The van der Waals surface area contributed by atoms with E-state index >= 15 is 0 Å². The third-order valence-electron chi connectivity index (χ3n) is 3.02. The number of fused-ring (bicyclic) bond motifs is 1. The number of nitrogens with one attached hydrogen (secondary N) is 2. The van der Waals surface area contributed by atoms with Crippen molar-refractivity contribution in [2.24, 2.45) is 0 Å². The van der Waals surface area contributed by atoms with Crippen LogP contribution in [0.25, 0.3) is 11.0 Å². The number of morpholine rings is 1. The van der Waals surface area contributed by atoms with Crippen molar-refractivity contribution < 1.29 is 4.74 Å². The molecule has 6 heteroatoms. The van der Waals surface area contributed by atoms with Crippen LogP contribution in [0.4, 0.5) is 11.4 Å². The predicted octanol–water partition coefficient (Wildman–Crippen LogP) is 0.275. The SMILES string of the molecule is Nc1cc2[nH]c(=O)[nH]c2cc1N1CCOCC1. The zero-order valence-electron chi connectivity index (χ0n) is 9.32. The second-order valence-corrected chi connectivity index (χ2v) is 4.14. The van der Waals surface area contributed by atoms with Crippen LogP contribution in [0.15, 0.2) is 16.9 Å². The van der Waals surface area contributed by atoms with Crippen LogP contribution in [0.1, 0.15) is 0 Å². The van der Waals surface area contributed by atoms with Crippen molar-refractivity contribution >= 4 is 22.4 Å². The predicted molar refractivity (Wildman–Crippen MR) is 66.4 cm³/mol. The van der Waals surface area contributed by atoms with E-state index in [9.17, 15) is 4.79 Å². The molecule has 0 saturated carbocycles. The molecule has 1 aromatic heterocycles. The summed E-state index contributed by atoms with van der Waals surface area (Å²) in [5, 5.41) is 0. The highest BCUT2D eigenvalue weighted by molar-refractivity contribution is 5.86. The lowest BCUT2D eigenvalue weighted by molar-refractivity contribution is 0.123. The molecule has 0 spiro atoms. The number of H-pyrrole nitrogens is 2. The number of aromatic nitrogens is 2. The molecule has 2 heterocycles. The van der Waals surface area contributed by atoms with Gasteiger partial charge in [-0.25, -0.2) is 4.79 Å². The second-order valence-electron chi connectivity index (χ2n) is 4.14. The van der Waals surface area contributed by atoms with Crippen molar-refractivity contribution in [3.8, 4) is 0 Å². The molecule has 1 saturated heterocycles. The topological polar surface area (TPSA) is 87.1 Å². The minimum absolute atomic E-state index is 0.210. The van der Waals surface area contributed by atoms with Gasteiger partial charge in [0.15, 0.2) is 0 Å². The van der Waals surface area contributed by atoms with Crippen LogP contribution < -0.4 is 16.3 Å². The molecule has 0 unspecified atom stereocenters. The van der Waals surface area contributed by atoms with Gasteiger partial charge in [-0.05, 0) is 12.1 Å². The van der Waals surface area contributed by atoms with Crippen molar-refractivity contribution in [3.63, 3.8) is 0 Å². The van der Waals surface area contributed by atoms with E-state index in [0.717, 1.165) is 29.8 Å². The Hall–Kier alpha value is -1.95. The van der Waals surface area contributed by atoms with E-state index in [1.165, 1.54) is 0 Å². The highest BCUT2D eigenvalue weighted by Crippen LogP contribution is 2.27. The minimum Gasteiger partial charge on any atom is -0.397 e. The molecule has 1 fully saturated rings. The maximum Gasteiger partial charge on any atom is 0.323 e. The molecule has 0 amide bonds. The summed E-state index contributed by atoms with van der Waals surface area (Å²) in [5.41, 5.74) is 8.95. The smallest absolute Gasteiger partial charge is 0.323 e. The number of imidazole rings is 1. The fourth-order valence-electron chi connectivity index (χ4n) is 2.17. The molecule has 17 heavy (non-hydrogen) atoms. The zero-order chi connectivity index (χ0) is 11.8. The molecule has 6 nitrogen and oxygen atoms in total. The van der Waals surface area contributed by atoms with Gasteiger partial charge in [0.25, 0.3) is 0 Å². The van der Waals surface area contributed by atoms with Crippen LogP contribution in [0.2, 0.25) is 0 Å². The Bertz CT molecular complexity index is 595. The Morgan fingerprint density at radius 2 is 1.82 bits per heavy atom. The molecule has 0 radical (unpaired) electrons. The fourth-order valence-corrected chi connectivity index (χ4v) is 2.17. The molecule has 3 rings (SSSR count). The van der Waals surface area contributed by atoms with Gasteiger partial charge in [-0.15, -0.1) is 0 Å². The summed E-state index contributed by atoms with van der Waals surface area (Å²) in [5.74, 6) is 0. The van der Waals surface area contributed by atoms with Gasteiger partial charge >= 0.3 is 5.69 Å². The van der Waals surface area contributed by atoms with Crippen molar-refractivity contribution in [3.05, 3.63) is 22.6 Å². The summed E-state index contributed by atoms with van der Waals surface area (Å²) in [6.07, 6.45) is 0. The first-order valence-electron chi connectivity index (χ1n) is 5.58. The molecule has 1 aliphatic heterocycles. The normalized spacial score (nSPS) is 16.6. The number of benzene rings is 1. The Balaban J connectivity index is 2.08. The van der Waals surface area contributed by atoms with Crippen LogP contribution in [0, 0.1) is 0 Å². The minimum atomic E-state index is -0.210. The Labute approximate surface area is 97.4 Å². The quantitative estimate of drug-likeness (QED) is 0.618. The summed E-state index contributed by atoms with van der Waals surface area (Å²) in [4.78, 5) is 18.8. The van der Waals surface area contributed by atoms with E-state index < -0.39 is 0 Å². The Morgan fingerprint density at radius 1 is 1.18 bits per heavy atom. The van der Waals surface area contributed by atoms with Gasteiger partial charge in [0, 0.05) is 13.1 Å². The van der Waals surface area contributed by atoms with Gasteiger partial charge in [-0.1, -0.05) is 0 Å². The van der Waals surface area contributed by atoms with E-state index in [0.29, 0.717) is 18.9 Å². The average Bonchev–Trinajstić information content (AvgIpc) is 2.68. The Kier molecular flexibility index (Phi) is 2.29. The molecular weight excluding hydrogens is 220 g/mol. The van der Waals surface area contributed by atoms with E-state index in [-0.39, 0.29) is 5.69 Å². The van der Waals surface area contributed by atoms with Crippen molar-refractivity contribution in [1.29, 1.82) is 0 Å². The molecular formula is C11H14N4O2. The number of nitrogens with two attached hydrogens (primary N) is 1. The van der Waals surface area contributed by atoms with E-state index in [1.807, 2.05) is 6.07 Å². The Morgan fingerprint density at radius 3 is 2.53 bits per heavy atom. The van der Waals surface area contributed by atoms with Crippen LogP contribution in [0.5, 0.6) is 0 Å². The van der Waals surface area contributed by atoms with Gasteiger partial charge < -0.3 is 25.3 Å². The highest BCUT2D eigenvalue weighted by atomic mass is 16.5. The highest BCUT2D eigenvalue weighted by Gasteiger charge is 2.15. The van der Waals surface area contributed by atoms with Gasteiger partial charge in [0.2, 0.25) is 0 Å². The summed E-state index contributed by atoms with van der Waals surface area (Å²) >= 11 is 0. The average molecular weight is 234 g/mol. The van der Waals surface area contributed by atoms with Crippen molar-refractivity contribution in [2.75, 3.05) is 36.9 Å². The first-order valence-corrected chi connectivity index (χ1v) is 5.58. The maximum atomic E-state index is 11.2. The van der Waals surface area contributed by atoms with Crippen molar-refractivity contribution in [1.82, 2.24) is 9.97 Å². The monoisotopic (exact) mass is 234 g/mol. The van der Waals surface area contributed by atoms with Crippen LogP contribution in [-0.2, 0) is 4.74 Å². The van der Waals surface area contributed by atoms with Gasteiger partial charge in [0.1, 0.15) is 0 Å². The number of aromatic amines is 2. The standard InChI is InChI=1S/C11H14N4O2/c12-7-5-8-9(14-11(16)13-8)6-10(7)15-1-3-17-4-2-15/h5-6H,1-4,12H2,(H2,13,14,16). The third kappa shape index (κ3) is 1.76. The third-order valence-corrected chi connectivity index (χ3v) is 3.02. The number of rotatable bonds is 1. The van der Waals surface area contributed by atoms with E-state index in [1.54, 1.807) is 6.07 Å². The maximum absolute atomic E-state index is 11.2. The molecule has 4 N–H and O–H groups in total. The lowest BCUT2D eigenvalue weighted by atomic mass is 10.2. The van der Waals surface area contributed by atoms with Gasteiger partial charge in [-0.3, -0.25) is 0 Å². The van der Waals surface area contributed by atoms with E-state index in [4.69, 9.17) is 10.5 Å². The molecule has 0 bridgehead atoms. The van der Waals surface area contributed by atoms with Crippen molar-refractivity contribution in [2.45, 2.75) is 0 Å². The molecule has 90 valence electrons. The lowest BCUT2D eigenvalue weighted by Gasteiger charge is -2.29. The largest absolute Gasteiger partial charge is 0.397 e. The van der Waals surface area contributed by atoms with Crippen LogP contribution >= 0.6 is 0 Å². The number of anilines is 2. The molecule has 0 aliphatic carbocycles. The summed E-state index contributed by atoms with van der Waals surface area (Å²) in [7, 11) is 0. The first-order chi connectivity index (χ1) is 8.24. The molecule has 2 aromatic rings. The molecule has 1 aliphatic rings. The number of hydrogen-bond donors (Lipinski definition) is 3. The van der Waals surface area contributed by atoms with Crippen LogP contribution in [-0.4, -0.2) is 36.3 Å². The van der Waals surface area contributed by atoms with Gasteiger partial charge in [0.05, 0.1) is 35.6 Å². The summed E-state index contributed by atoms with van der Waals surface area (Å²) < 4.78 is 5.31. The lowest BCUT2D eigenvalue weighted by Crippen LogP contribution is -2.36. The second kappa shape index (κ2) is 3.81.